The molecule has 1 aromatic rings. The molecule has 1 aliphatic rings. The minimum Gasteiger partial charge on any atom is -0.481 e. The Bertz CT molecular complexity index is 549. The summed E-state index contributed by atoms with van der Waals surface area (Å²) in [4.78, 5) is 24.6. The number of aliphatic carboxylic acids is 1. The second-order valence-corrected chi connectivity index (χ2v) is 7.42. The molecule has 0 saturated carbocycles. The Balaban J connectivity index is 1.77. The predicted octanol–water partition coefficient (Wildman–Crippen LogP) is 3.08. The van der Waals surface area contributed by atoms with Crippen molar-refractivity contribution in [3.63, 3.8) is 0 Å². The molecule has 0 radical (unpaired) electrons. The maximum atomic E-state index is 12.2. The van der Waals surface area contributed by atoms with Crippen LogP contribution in [0.5, 0.6) is 0 Å². The predicted molar refractivity (Wildman–Crippen MR) is 85.8 cm³/mol. The van der Waals surface area contributed by atoms with Gasteiger partial charge in [0, 0.05) is 19.5 Å². The molecule has 0 spiro atoms. The van der Waals surface area contributed by atoms with E-state index in [1.54, 1.807) is 4.90 Å². The molecule has 1 amide bonds. The molecule has 2 rings (SSSR count). The molecule has 1 fully saturated rings. The van der Waals surface area contributed by atoms with Crippen molar-refractivity contribution in [1.82, 2.24) is 4.90 Å². The Hall–Kier alpha value is -0.820. The molecule has 122 valence electrons. The van der Waals surface area contributed by atoms with Crippen molar-refractivity contribution in [2.75, 3.05) is 19.7 Å². The Morgan fingerprint density at radius 1 is 1.45 bits per heavy atom. The topological polar surface area (TPSA) is 66.8 Å². The van der Waals surface area contributed by atoms with Crippen molar-refractivity contribution >= 4 is 46.4 Å². The van der Waals surface area contributed by atoms with Crippen LogP contribution in [-0.4, -0.2) is 47.7 Å². The molecule has 1 aliphatic heterocycles. The molecule has 1 atom stereocenters. The SMILES string of the molecule is O=C(O)CC1CN(C(=O)CCCc2cc(Cl)sc2Cl)CCO1. The summed E-state index contributed by atoms with van der Waals surface area (Å²) in [5.74, 6) is -0.889. The van der Waals surface area contributed by atoms with Gasteiger partial charge in [-0.15, -0.1) is 11.3 Å². The first-order valence-electron chi connectivity index (χ1n) is 7.00. The van der Waals surface area contributed by atoms with Gasteiger partial charge in [-0.3, -0.25) is 9.59 Å². The summed E-state index contributed by atoms with van der Waals surface area (Å²) in [6, 6.07) is 1.83. The highest BCUT2D eigenvalue weighted by Crippen LogP contribution is 2.32. The molecule has 0 bridgehead atoms. The van der Waals surface area contributed by atoms with Crippen molar-refractivity contribution in [2.45, 2.75) is 31.8 Å². The zero-order chi connectivity index (χ0) is 16.1. The largest absolute Gasteiger partial charge is 0.481 e. The number of carbonyl (C=O) groups excluding carboxylic acids is 1. The molecule has 5 nitrogen and oxygen atoms in total. The summed E-state index contributed by atoms with van der Waals surface area (Å²) in [5, 5.41) is 8.78. The number of carbonyl (C=O) groups is 2. The van der Waals surface area contributed by atoms with Crippen molar-refractivity contribution < 1.29 is 19.4 Å². The van der Waals surface area contributed by atoms with Gasteiger partial charge in [0.25, 0.3) is 0 Å². The van der Waals surface area contributed by atoms with Gasteiger partial charge < -0.3 is 14.7 Å². The number of rotatable bonds is 6. The third-order valence-corrected chi connectivity index (χ3v) is 5.03. The lowest BCUT2D eigenvalue weighted by Gasteiger charge is -2.32. The number of amides is 1. The number of carboxylic acid groups (broad SMARTS) is 1. The van der Waals surface area contributed by atoms with E-state index in [9.17, 15) is 9.59 Å². The zero-order valence-corrected chi connectivity index (χ0v) is 14.2. The summed E-state index contributed by atoms with van der Waals surface area (Å²) in [6.07, 6.45) is 1.31. The Morgan fingerprint density at radius 2 is 2.23 bits per heavy atom. The van der Waals surface area contributed by atoms with Crippen LogP contribution in [0.3, 0.4) is 0 Å². The van der Waals surface area contributed by atoms with Crippen molar-refractivity contribution in [3.05, 3.63) is 20.3 Å². The quantitative estimate of drug-likeness (QED) is 0.840. The maximum absolute atomic E-state index is 12.2. The molecule has 1 saturated heterocycles. The smallest absolute Gasteiger partial charge is 0.306 e. The molecule has 22 heavy (non-hydrogen) atoms. The molecule has 1 aromatic heterocycles. The summed E-state index contributed by atoms with van der Waals surface area (Å²) in [6.45, 7) is 1.24. The van der Waals surface area contributed by atoms with E-state index in [1.807, 2.05) is 6.07 Å². The average Bonchev–Trinajstić information content (AvgIpc) is 2.76. The minimum absolute atomic E-state index is 0.0242. The van der Waals surface area contributed by atoms with E-state index in [2.05, 4.69) is 0 Å². The van der Waals surface area contributed by atoms with Crippen LogP contribution in [0.15, 0.2) is 6.07 Å². The number of hydrogen-bond donors (Lipinski definition) is 1. The molecule has 1 N–H and O–H groups in total. The van der Waals surface area contributed by atoms with Gasteiger partial charge in [-0.05, 0) is 24.5 Å². The first kappa shape index (κ1) is 17.5. The van der Waals surface area contributed by atoms with E-state index in [4.69, 9.17) is 33.0 Å². The van der Waals surface area contributed by atoms with E-state index >= 15 is 0 Å². The number of thiophene rings is 1. The van der Waals surface area contributed by atoms with Crippen LogP contribution in [0.25, 0.3) is 0 Å². The highest BCUT2D eigenvalue weighted by molar-refractivity contribution is 7.20. The van der Waals surface area contributed by atoms with Crippen LogP contribution in [0.2, 0.25) is 8.67 Å². The minimum atomic E-state index is -0.914. The van der Waals surface area contributed by atoms with Gasteiger partial charge >= 0.3 is 5.97 Å². The first-order valence-corrected chi connectivity index (χ1v) is 8.58. The fourth-order valence-corrected chi connectivity index (χ4v) is 3.94. The summed E-state index contributed by atoms with van der Waals surface area (Å²) in [5.41, 5.74) is 0.968. The van der Waals surface area contributed by atoms with Crippen LogP contribution in [-0.2, 0) is 20.7 Å². The number of morpholine rings is 1. The van der Waals surface area contributed by atoms with Gasteiger partial charge in [0.1, 0.15) is 0 Å². The van der Waals surface area contributed by atoms with Crippen molar-refractivity contribution in [1.29, 1.82) is 0 Å². The lowest BCUT2D eigenvalue weighted by atomic mass is 10.1. The van der Waals surface area contributed by atoms with Crippen LogP contribution < -0.4 is 0 Å². The van der Waals surface area contributed by atoms with Gasteiger partial charge in [0.2, 0.25) is 5.91 Å². The second-order valence-electron chi connectivity index (χ2n) is 5.13. The van der Waals surface area contributed by atoms with E-state index in [0.29, 0.717) is 47.6 Å². The summed E-state index contributed by atoms with van der Waals surface area (Å²) in [7, 11) is 0. The van der Waals surface area contributed by atoms with Crippen LogP contribution in [0, 0.1) is 0 Å². The Kier molecular flexibility index (Phi) is 6.50. The monoisotopic (exact) mass is 365 g/mol. The van der Waals surface area contributed by atoms with E-state index in [1.165, 1.54) is 11.3 Å². The van der Waals surface area contributed by atoms with Crippen molar-refractivity contribution in [2.24, 2.45) is 0 Å². The van der Waals surface area contributed by atoms with E-state index in [0.717, 1.165) is 5.56 Å². The van der Waals surface area contributed by atoms with Gasteiger partial charge in [-0.2, -0.15) is 0 Å². The molecular formula is C14H17Cl2NO4S. The normalized spacial score (nSPS) is 18.5. The number of ether oxygens (including phenoxy) is 1. The standard InChI is InChI=1S/C14H17Cl2NO4S/c15-11-6-9(14(16)22-11)2-1-3-12(18)17-4-5-21-10(8-17)7-13(19)20/h6,10H,1-5,7-8H2,(H,19,20). The van der Waals surface area contributed by atoms with Gasteiger partial charge in [-0.25, -0.2) is 0 Å². The molecular weight excluding hydrogens is 349 g/mol. The maximum Gasteiger partial charge on any atom is 0.306 e. The Morgan fingerprint density at radius 3 is 2.86 bits per heavy atom. The average molecular weight is 366 g/mol. The number of carboxylic acids is 1. The van der Waals surface area contributed by atoms with Gasteiger partial charge in [-0.1, -0.05) is 23.2 Å². The van der Waals surface area contributed by atoms with Crippen LogP contribution >= 0.6 is 34.5 Å². The number of aryl methyl sites for hydroxylation is 1. The van der Waals surface area contributed by atoms with E-state index < -0.39 is 12.1 Å². The van der Waals surface area contributed by atoms with Crippen molar-refractivity contribution in [3.8, 4) is 0 Å². The lowest BCUT2D eigenvalue weighted by Crippen LogP contribution is -2.46. The highest BCUT2D eigenvalue weighted by Gasteiger charge is 2.25. The third kappa shape index (κ3) is 5.12. The molecule has 0 aliphatic carbocycles. The number of halogens is 2. The Labute approximate surface area is 142 Å². The summed E-state index contributed by atoms with van der Waals surface area (Å²) >= 11 is 13.3. The second kappa shape index (κ2) is 8.15. The van der Waals surface area contributed by atoms with Gasteiger partial charge in [0.05, 0.1) is 27.8 Å². The zero-order valence-electron chi connectivity index (χ0n) is 11.9. The lowest BCUT2D eigenvalue weighted by molar-refractivity contribution is -0.147. The molecule has 2 heterocycles. The molecule has 0 aromatic carbocycles. The third-order valence-electron chi connectivity index (χ3n) is 3.46. The first-order chi connectivity index (χ1) is 10.5. The van der Waals surface area contributed by atoms with E-state index in [-0.39, 0.29) is 12.3 Å². The number of hydrogen-bond acceptors (Lipinski definition) is 4. The van der Waals surface area contributed by atoms with Gasteiger partial charge in [0.15, 0.2) is 0 Å². The highest BCUT2D eigenvalue weighted by atomic mass is 35.5. The molecule has 8 heteroatoms. The number of nitrogens with zero attached hydrogens (tertiary/aromatic N) is 1. The fraction of sp³-hybridized carbons (Fsp3) is 0.571. The van der Waals surface area contributed by atoms with Crippen LogP contribution in [0.4, 0.5) is 0 Å². The fourth-order valence-electron chi connectivity index (χ4n) is 2.40. The summed E-state index contributed by atoms with van der Waals surface area (Å²) < 4.78 is 6.68. The molecule has 1 unspecified atom stereocenters. The van der Waals surface area contributed by atoms with Crippen LogP contribution in [0.1, 0.15) is 24.8 Å².